The number of nitrogens with two attached hydrogens (primary N) is 1. The Morgan fingerprint density at radius 3 is 2.63 bits per heavy atom. The second-order valence-corrected chi connectivity index (χ2v) is 5.43. The van der Waals surface area contributed by atoms with Crippen molar-refractivity contribution in [3.05, 3.63) is 11.4 Å². The summed E-state index contributed by atoms with van der Waals surface area (Å²) < 4.78 is 1.59. The summed E-state index contributed by atoms with van der Waals surface area (Å²) in [5, 5.41) is 4.22. The summed E-state index contributed by atoms with van der Waals surface area (Å²) in [6.45, 7) is 6.59. The molecule has 0 bridgehead atoms. The van der Waals surface area contributed by atoms with E-state index in [1.165, 1.54) is 0 Å². The van der Waals surface area contributed by atoms with E-state index >= 15 is 0 Å². The number of amides is 1. The maximum atomic E-state index is 12.7. The third-order valence-electron chi connectivity index (χ3n) is 3.78. The molecule has 19 heavy (non-hydrogen) atoms. The summed E-state index contributed by atoms with van der Waals surface area (Å²) >= 11 is 0. The number of anilines is 1. The molecule has 106 valence electrons. The molecule has 6 nitrogen and oxygen atoms in total. The third kappa shape index (κ3) is 2.58. The summed E-state index contributed by atoms with van der Waals surface area (Å²) in [7, 11) is 3.86. The number of nitrogens with zero attached hydrogens (tertiary/aromatic N) is 4. The molecule has 0 aliphatic carbocycles. The molecule has 1 aliphatic heterocycles. The first-order valence-corrected chi connectivity index (χ1v) is 6.70. The molecule has 1 unspecified atom stereocenters. The lowest BCUT2D eigenvalue weighted by atomic mass is 10.2. The summed E-state index contributed by atoms with van der Waals surface area (Å²) in [5.74, 6) is -0.0107. The molecule has 1 amide bonds. The largest absolute Gasteiger partial charge is 0.395 e. The lowest BCUT2D eigenvalue weighted by molar-refractivity contribution is 0.0686. The molecule has 1 atom stereocenters. The van der Waals surface area contributed by atoms with Crippen LogP contribution in [-0.2, 0) is 7.05 Å². The van der Waals surface area contributed by atoms with E-state index in [2.05, 4.69) is 24.0 Å². The fourth-order valence-corrected chi connectivity index (χ4v) is 2.74. The fraction of sp³-hybridized carbons (Fsp3) is 0.692. The van der Waals surface area contributed by atoms with Crippen molar-refractivity contribution in [2.45, 2.75) is 26.3 Å². The minimum Gasteiger partial charge on any atom is -0.395 e. The van der Waals surface area contributed by atoms with Gasteiger partial charge in [0.2, 0.25) is 0 Å². The van der Waals surface area contributed by atoms with Crippen LogP contribution in [-0.4, -0.2) is 58.2 Å². The predicted octanol–water partition coefficient (Wildman–Crippen LogP) is 0.477. The van der Waals surface area contributed by atoms with Crippen LogP contribution >= 0.6 is 0 Å². The molecule has 2 heterocycles. The van der Waals surface area contributed by atoms with Gasteiger partial charge in [0, 0.05) is 26.2 Å². The van der Waals surface area contributed by atoms with Crippen molar-refractivity contribution in [3.63, 3.8) is 0 Å². The van der Waals surface area contributed by atoms with Gasteiger partial charge in [-0.3, -0.25) is 9.48 Å². The van der Waals surface area contributed by atoms with Gasteiger partial charge in [0.05, 0.1) is 11.4 Å². The number of aryl methyl sites for hydroxylation is 2. The third-order valence-corrected chi connectivity index (χ3v) is 3.78. The smallest absolute Gasteiger partial charge is 0.274 e. The first-order chi connectivity index (χ1) is 8.91. The van der Waals surface area contributed by atoms with Crippen LogP contribution in [0, 0.1) is 6.92 Å². The first kappa shape index (κ1) is 13.9. The monoisotopic (exact) mass is 265 g/mol. The number of hydrogen-bond donors (Lipinski definition) is 1. The van der Waals surface area contributed by atoms with E-state index in [4.69, 9.17) is 5.73 Å². The Labute approximate surface area is 114 Å². The molecule has 0 spiro atoms. The van der Waals surface area contributed by atoms with Gasteiger partial charge < -0.3 is 15.5 Å². The van der Waals surface area contributed by atoms with Crippen molar-refractivity contribution in [2.75, 3.05) is 32.4 Å². The van der Waals surface area contributed by atoms with Gasteiger partial charge in [-0.1, -0.05) is 0 Å². The van der Waals surface area contributed by atoms with Gasteiger partial charge in [0.15, 0.2) is 0 Å². The SMILES string of the molecule is Cc1nn(C)c(C(=O)N2CCCN(C)CC2C)c1N. The van der Waals surface area contributed by atoms with E-state index in [1.807, 2.05) is 11.8 Å². The Kier molecular flexibility index (Phi) is 3.80. The van der Waals surface area contributed by atoms with Gasteiger partial charge >= 0.3 is 0 Å². The van der Waals surface area contributed by atoms with Gasteiger partial charge in [0.25, 0.3) is 5.91 Å². The highest BCUT2D eigenvalue weighted by atomic mass is 16.2. The highest BCUT2D eigenvalue weighted by molar-refractivity contribution is 5.98. The lowest BCUT2D eigenvalue weighted by Crippen LogP contribution is -2.42. The highest BCUT2D eigenvalue weighted by Gasteiger charge is 2.28. The van der Waals surface area contributed by atoms with E-state index in [0.717, 1.165) is 26.1 Å². The van der Waals surface area contributed by atoms with Gasteiger partial charge in [-0.15, -0.1) is 0 Å². The fourth-order valence-electron chi connectivity index (χ4n) is 2.74. The van der Waals surface area contributed by atoms with Crippen molar-refractivity contribution in [2.24, 2.45) is 7.05 Å². The molecule has 2 N–H and O–H groups in total. The molecule has 1 aromatic rings. The minimum atomic E-state index is -0.0107. The van der Waals surface area contributed by atoms with E-state index in [0.29, 0.717) is 17.1 Å². The maximum Gasteiger partial charge on any atom is 0.274 e. The molecular formula is C13H23N5O. The van der Waals surface area contributed by atoms with Crippen LogP contribution in [0.15, 0.2) is 0 Å². The zero-order chi connectivity index (χ0) is 14.2. The number of carbonyl (C=O) groups is 1. The van der Waals surface area contributed by atoms with E-state index in [9.17, 15) is 4.79 Å². The highest BCUT2D eigenvalue weighted by Crippen LogP contribution is 2.20. The van der Waals surface area contributed by atoms with Crippen LogP contribution in [0.25, 0.3) is 0 Å². The van der Waals surface area contributed by atoms with Crippen molar-refractivity contribution < 1.29 is 4.79 Å². The van der Waals surface area contributed by atoms with Gasteiger partial charge in [-0.25, -0.2) is 0 Å². The van der Waals surface area contributed by atoms with Gasteiger partial charge in [-0.2, -0.15) is 5.10 Å². The normalized spacial score (nSPS) is 21.5. The molecule has 1 aromatic heterocycles. The Bertz CT molecular complexity index is 482. The van der Waals surface area contributed by atoms with E-state index < -0.39 is 0 Å². The number of likely N-dealkylation sites (N-methyl/N-ethyl adjacent to an activating group) is 1. The molecule has 1 saturated heterocycles. The zero-order valence-electron chi connectivity index (χ0n) is 12.2. The Hall–Kier alpha value is -1.56. The maximum absolute atomic E-state index is 12.7. The summed E-state index contributed by atoms with van der Waals surface area (Å²) in [6.07, 6.45) is 0.989. The van der Waals surface area contributed by atoms with Crippen molar-refractivity contribution >= 4 is 11.6 Å². The second-order valence-electron chi connectivity index (χ2n) is 5.43. The molecule has 1 fully saturated rings. The van der Waals surface area contributed by atoms with Gasteiger partial charge in [-0.05, 0) is 33.9 Å². The quantitative estimate of drug-likeness (QED) is 0.802. The average molecular weight is 265 g/mol. The molecule has 0 radical (unpaired) electrons. The summed E-state index contributed by atoms with van der Waals surface area (Å²) in [4.78, 5) is 16.9. The molecule has 6 heteroatoms. The van der Waals surface area contributed by atoms with E-state index in [1.54, 1.807) is 11.7 Å². The Morgan fingerprint density at radius 2 is 2.05 bits per heavy atom. The van der Waals surface area contributed by atoms with Crippen molar-refractivity contribution in [3.8, 4) is 0 Å². The standard InChI is InChI=1S/C13H23N5O/c1-9-8-16(3)6-5-7-18(9)13(19)12-11(14)10(2)15-17(12)4/h9H,5-8,14H2,1-4H3. The Balaban J connectivity index is 2.27. The number of rotatable bonds is 1. The number of aromatic nitrogens is 2. The van der Waals surface area contributed by atoms with Gasteiger partial charge in [0.1, 0.15) is 5.69 Å². The first-order valence-electron chi connectivity index (χ1n) is 6.70. The molecular weight excluding hydrogens is 242 g/mol. The second kappa shape index (κ2) is 5.21. The summed E-state index contributed by atoms with van der Waals surface area (Å²) in [6, 6.07) is 0.189. The van der Waals surface area contributed by atoms with Crippen LogP contribution in [0.2, 0.25) is 0 Å². The van der Waals surface area contributed by atoms with Crippen LogP contribution in [0.5, 0.6) is 0 Å². The van der Waals surface area contributed by atoms with Crippen molar-refractivity contribution in [1.29, 1.82) is 0 Å². The number of nitrogen functional groups attached to an aromatic ring is 1. The molecule has 0 aromatic carbocycles. The average Bonchev–Trinajstić information content (AvgIpc) is 2.48. The number of hydrogen-bond acceptors (Lipinski definition) is 4. The molecule has 2 rings (SSSR count). The minimum absolute atomic E-state index is 0.0107. The zero-order valence-corrected chi connectivity index (χ0v) is 12.2. The summed E-state index contributed by atoms with van der Waals surface area (Å²) in [5.41, 5.74) is 7.70. The van der Waals surface area contributed by atoms with Crippen LogP contribution in [0.1, 0.15) is 29.5 Å². The lowest BCUT2D eigenvalue weighted by Gasteiger charge is -2.28. The van der Waals surface area contributed by atoms with Crippen molar-refractivity contribution in [1.82, 2.24) is 19.6 Å². The molecule has 1 aliphatic rings. The van der Waals surface area contributed by atoms with E-state index in [-0.39, 0.29) is 11.9 Å². The van der Waals surface area contributed by atoms with Crippen LogP contribution in [0.4, 0.5) is 5.69 Å². The predicted molar refractivity (Wildman–Crippen MR) is 75.0 cm³/mol. The number of carbonyl (C=O) groups excluding carboxylic acids is 1. The molecule has 0 saturated carbocycles. The van der Waals surface area contributed by atoms with Crippen LogP contribution < -0.4 is 5.73 Å². The topological polar surface area (TPSA) is 67.4 Å². The Morgan fingerprint density at radius 1 is 1.37 bits per heavy atom. The van der Waals surface area contributed by atoms with Crippen LogP contribution in [0.3, 0.4) is 0 Å².